The minimum atomic E-state index is -4.64. The van der Waals surface area contributed by atoms with Gasteiger partial charge in [-0.1, -0.05) is 0 Å². The molecule has 2 nitrogen and oxygen atoms in total. The van der Waals surface area contributed by atoms with Crippen LogP contribution >= 0.6 is 0 Å². The number of hydrogen-bond acceptors (Lipinski definition) is 2. The first kappa shape index (κ1) is 10.8. The Morgan fingerprint density at radius 2 is 1.86 bits per heavy atom. The van der Waals surface area contributed by atoms with E-state index < -0.39 is 35.4 Å². The fourth-order valence-corrected chi connectivity index (χ4v) is 1.03. The third kappa shape index (κ3) is 1.95. The van der Waals surface area contributed by atoms with Gasteiger partial charge in [0.05, 0.1) is 17.9 Å². The first-order chi connectivity index (χ1) is 6.36. The van der Waals surface area contributed by atoms with E-state index in [4.69, 9.17) is 10.8 Å². The number of halogens is 4. The molecule has 0 heterocycles. The van der Waals surface area contributed by atoms with Crippen molar-refractivity contribution in [1.82, 2.24) is 0 Å². The van der Waals surface area contributed by atoms with Crippen LogP contribution in [0.5, 0.6) is 0 Å². The molecular formula is C8H7F4NO. The molecule has 0 aliphatic carbocycles. The molecule has 0 atom stereocenters. The third-order valence-electron chi connectivity index (χ3n) is 1.70. The average molecular weight is 209 g/mol. The van der Waals surface area contributed by atoms with E-state index >= 15 is 0 Å². The van der Waals surface area contributed by atoms with Gasteiger partial charge in [0.15, 0.2) is 0 Å². The molecule has 0 fully saturated rings. The van der Waals surface area contributed by atoms with Crippen LogP contribution in [-0.4, -0.2) is 5.11 Å². The highest BCUT2D eigenvalue weighted by Gasteiger charge is 2.33. The summed E-state index contributed by atoms with van der Waals surface area (Å²) in [5, 5.41) is 8.59. The number of nitrogen functional groups attached to an aromatic ring is 1. The predicted octanol–water partition coefficient (Wildman–Crippen LogP) is 1.92. The molecule has 0 aliphatic rings. The van der Waals surface area contributed by atoms with Gasteiger partial charge in [0, 0.05) is 0 Å². The van der Waals surface area contributed by atoms with Crippen molar-refractivity contribution in [2.24, 2.45) is 0 Å². The molecule has 1 rings (SSSR count). The third-order valence-corrected chi connectivity index (χ3v) is 1.70. The minimum Gasteiger partial charge on any atom is -0.396 e. The van der Waals surface area contributed by atoms with Crippen molar-refractivity contribution in [3.63, 3.8) is 0 Å². The maximum Gasteiger partial charge on any atom is 0.416 e. The van der Waals surface area contributed by atoms with Crippen LogP contribution in [0.25, 0.3) is 0 Å². The van der Waals surface area contributed by atoms with Crippen molar-refractivity contribution in [1.29, 1.82) is 0 Å². The number of rotatable bonds is 1. The number of hydrogen-bond donors (Lipinski definition) is 2. The molecule has 1 aromatic rings. The van der Waals surface area contributed by atoms with Crippen molar-refractivity contribution >= 4 is 5.69 Å². The molecule has 0 bridgehead atoms. The van der Waals surface area contributed by atoms with Gasteiger partial charge in [-0.3, -0.25) is 0 Å². The van der Waals surface area contributed by atoms with Crippen LogP contribution in [0.2, 0.25) is 0 Å². The van der Waals surface area contributed by atoms with Crippen molar-refractivity contribution in [2.45, 2.75) is 12.8 Å². The van der Waals surface area contributed by atoms with Gasteiger partial charge in [-0.2, -0.15) is 13.2 Å². The number of alkyl halides is 3. The Morgan fingerprint density at radius 1 is 1.29 bits per heavy atom. The Morgan fingerprint density at radius 3 is 2.29 bits per heavy atom. The van der Waals surface area contributed by atoms with E-state index in [0.717, 1.165) is 0 Å². The van der Waals surface area contributed by atoms with Crippen LogP contribution in [0.15, 0.2) is 12.1 Å². The van der Waals surface area contributed by atoms with Gasteiger partial charge >= 0.3 is 6.18 Å². The largest absolute Gasteiger partial charge is 0.416 e. The standard InChI is InChI=1S/C8H7F4NO/c9-6-1-4(3-14)5(2-7(6)13)8(10,11)12/h1-2,14H,3,13H2. The lowest BCUT2D eigenvalue weighted by Gasteiger charge is -2.12. The van der Waals surface area contributed by atoms with E-state index in [1.165, 1.54) is 0 Å². The summed E-state index contributed by atoms with van der Waals surface area (Å²) in [6, 6.07) is 1.05. The molecule has 6 heteroatoms. The average Bonchev–Trinajstić information content (AvgIpc) is 2.07. The molecule has 78 valence electrons. The van der Waals surface area contributed by atoms with Crippen LogP contribution in [0.1, 0.15) is 11.1 Å². The molecule has 0 saturated carbocycles. The van der Waals surface area contributed by atoms with E-state index in [1.807, 2.05) is 0 Å². The van der Waals surface area contributed by atoms with Crippen LogP contribution in [-0.2, 0) is 12.8 Å². The zero-order chi connectivity index (χ0) is 10.9. The fraction of sp³-hybridized carbons (Fsp3) is 0.250. The number of aliphatic hydroxyl groups is 1. The molecule has 1 aromatic carbocycles. The summed E-state index contributed by atoms with van der Waals surface area (Å²) >= 11 is 0. The van der Waals surface area contributed by atoms with Gasteiger partial charge < -0.3 is 10.8 Å². The quantitative estimate of drug-likeness (QED) is 0.548. The maximum atomic E-state index is 12.7. The Bertz CT molecular complexity index is 348. The van der Waals surface area contributed by atoms with E-state index in [0.29, 0.717) is 12.1 Å². The normalized spacial score (nSPS) is 11.8. The highest BCUT2D eigenvalue weighted by Crippen LogP contribution is 2.34. The molecular weight excluding hydrogens is 202 g/mol. The zero-order valence-electron chi connectivity index (χ0n) is 6.90. The molecule has 0 unspecified atom stereocenters. The van der Waals surface area contributed by atoms with Crippen LogP contribution < -0.4 is 5.73 Å². The Hall–Kier alpha value is -1.30. The summed E-state index contributed by atoms with van der Waals surface area (Å²) in [5.74, 6) is -0.970. The lowest BCUT2D eigenvalue weighted by atomic mass is 10.1. The van der Waals surface area contributed by atoms with Gasteiger partial charge in [-0.15, -0.1) is 0 Å². The van der Waals surface area contributed by atoms with Crippen molar-refractivity contribution in [3.8, 4) is 0 Å². The monoisotopic (exact) mass is 209 g/mol. The number of nitrogens with two attached hydrogens (primary N) is 1. The number of anilines is 1. The van der Waals surface area contributed by atoms with Crippen molar-refractivity contribution in [2.75, 3.05) is 5.73 Å². The van der Waals surface area contributed by atoms with Crippen LogP contribution in [0, 0.1) is 5.82 Å². The summed E-state index contributed by atoms with van der Waals surface area (Å²) < 4.78 is 49.5. The lowest BCUT2D eigenvalue weighted by molar-refractivity contribution is -0.138. The van der Waals surface area contributed by atoms with Gasteiger partial charge in [-0.25, -0.2) is 4.39 Å². The van der Waals surface area contributed by atoms with Gasteiger partial charge in [-0.05, 0) is 17.7 Å². The van der Waals surface area contributed by atoms with E-state index in [1.54, 1.807) is 0 Å². The SMILES string of the molecule is Nc1cc(C(F)(F)F)c(CO)cc1F. The second kappa shape index (κ2) is 3.45. The van der Waals surface area contributed by atoms with Gasteiger partial charge in [0.1, 0.15) is 5.82 Å². The van der Waals surface area contributed by atoms with Crippen LogP contribution in [0.4, 0.5) is 23.2 Å². The topological polar surface area (TPSA) is 46.2 Å². The number of aliphatic hydroxyl groups excluding tert-OH is 1. The molecule has 0 spiro atoms. The fourth-order valence-electron chi connectivity index (χ4n) is 1.03. The van der Waals surface area contributed by atoms with E-state index in [-0.39, 0.29) is 0 Å². The summed E-state index contributed by atoms with van der Waals surface area (Å²) in [6.45, 7) is -0.883. The second-order valence-electron chi connectivity index (χ2n) is 2.69. The summed E-state index contributed by atoms with van der Waals surface area (Å²) in [6.07, 6.45) is -4.64. The molecule has 3 N–H and O–H groups in total. The highest BCUT2D eigenvalue weighted by molar-refractivity contribution is 5.47. The molecule has 0 amide bonds. The smallest absolute Gasteiger partial charge is 0.396 e. The molecule has 0 aliphatic heterocycles. The number of benzene rings is 1. The molecule has 14 heavy (non-hydrogen) atoms. The van der Waals surface area contributed by atoms with E-state index in [2.05, 4.69) is 0 Å². The van der Waals surface area contributed by atoms with Crippen molar-refractivity contribution in [3.05, 3.63) is 29.1 Å². The Labute approximate surface area is 77.0 Å². The van der Waals surface area contributed by atoms with Gasteiger partial charge in [0.25, 0.3) is 0 Å². The van der Waals surface area contributed by atoms with Gasteiger partial charge in [0.2, 0.25) is 0 Å². The van der Waals surface area contributed by atoms with E-state index in [9.17, 15) is 17.6 Å². The van der Waals surface area contributed by atoms with Crippen molar-refractivity contribution < 1.29 is 22.7 Å². The molecule has 0 saturated heterocycles. The molecule has 0 aromatic heterocycles. The second-order valence-corrected chi connectivity index (χ2v) is 2.69. The lowest BCUT2D eigenvalue weighted by Crippen LogP contribution is -2.11. The Kier molecular flexibility index (Phi) is 2.66. The maximum absolute atomic E-state index is 12.7. The van der Waals surface area contributed by atoms with Crippen LogP contribution in [0.3, 0.4) is 0 Å². The summed E-state index contributed by atoms with van der Waals surface area (Å²) in [5.41, 5.74) is 2.76. The minimum absolute atomic E-state index is 0.473. The first-order valence-electron chi connectivity index (χ1n) is 3.62. The zero-order valence-corrected chi connectivity index (χ0v) is 6.90. The summed E-state index contributed by atoms with van der Waals surface area (Å²) in [4.78, 5) is 0. The first-order valence-corrected chi connectivity index (χ1v) is 3.62. The summed E-state index contributed by atoms with van der Waals surface area (Å²) in [7, 11) is 0. The Balaban J connectivity index is 3.35. The molecule has 0 radical (unpaired) electrons. The predicted molar refractivity (Wildman–Crippen MR) is 41.7 cm³/mol. The highest BCUT2D eigenvalue weighted by atomic mass is 19.4.